The average Bonchev–Trinajstić information content (AvgIpc) is 3.19. The van der Waals surface area contributed by atoms with E-state index >= 15 is 0 Å². The van der Waals surface area contributed by atoms with Gasteiger partial charge in [0.1, 0.15) is 11.9 Å². The van der Waals surface area contributed by atoms with Crippen molar-refractivity contribution in [2.24, 2.45) is 28.9 Å². The van der Waals surface area contributed by atoms with E-state index in [1.807, 2.05) is 6.07 Å². The van der Waals surface area contributed by atoms with E-state index in [0.29, 0.717) is 35.8 Å². The van der Waals surface area contributed by atoms with Crippen LogP contribution >= 0.6 is 0 Å². The van der Waals surface area contributed by atoms with Gasteiger partial charge in [-0.25, -0.2) is 0 Å². The molecule has 2 saturated carbocycles. The minimum atomic E-state index is -0.275. The maximum atomic E-state index is 12.0. The molecule has 1 amide bonds. The van der Waals surface area contributed by atoms with Crippen LogP contribution in [0.5, 0.6) is 5.75 Å². The fourth-order valence-electron chi connectivity index (χ4n) is 8.49. The zero-order chi connectivity index (χ0) is 28.0. The molecule has 216 valence electrons. The van der Waals surface area contributed by atoms with Crippen molar-refractivity contribution in [2.45, 2.75) is 129 Å². The van der Waals surface area contributed by atoms with Gasteiger partial charge in [-0.05, 0) is 91.9 Å². The summed E-state index contributed by atoms with van der Waals surface area (Å²) in [6.07, 6.45) is 16.6. The van der Waals surface area contributed by atoms with Crippen molar-refractivity contribution in [1.82, 2.24) is 0 Å². The third kappa shape index (κ3) is 7.24. The second-order valence-electron chi connectivity index (χ2n) is 12.8. The highest BCUT2D eigenvalue weighted by Gasteiger charge is 2.58. The number of hydrogen-bond acceptors (Lipinski definition) is 5. The quantitative estimate of drug-likeness (QED) is 0.165. The van der Waals surface area contributed by atoms with E-state index in [1.54, 1.807) is 6.92 Å². The van der Waals surface area contributed by atoms with Crippen molar-refractivity contribution in [3.63, 3.8) is 0 Å². The number of carbonyl (C=O) groups excluding carboxylic acids is 3. The zero-order valence-electron chi connectivity index (χ0n) is 24.3. The topological polar surface area (TPSA) is 95.7 Å². The standard InChI is InChI=1S/C33H49NO5/c1-22(35)38-26-15-17-27-24(20-26)14-16-28-29-18-19-30(39-23(2)36)33(29,3)21-25(32(27)28)12-10-8-6-4-5-7-9-11-13-31(34)37/h15,17,20,25,28-30,32H,4-14,16,18-19,21H2,1-3H3,(H2,34,37)/t25-,28-,29-,30-,32+,33-/m0/s1. The fraction of sp³-hybridized carbons (Fsp3) is 0.727. The minimum absolute atomic E-state index is 0.0331. The average molecular weight is 540 g/mol. The van der Waals surface area contributed by atoms with Crippen LogP contribution in [-0.2, 0) is 25.5 Å². The number of amides is 1. The van der Waals surface area contributed by atoms with Gasteiger partial charge in [0.05, 0.1) is 0 Å². The first kappa shape index (κ1) is 29.6. The monoisotopic (exact) mass is 539 g/mol. The molecule has 0 bridgehead atoms. The normalized spacial score (nSPS) is 29.2. The Morgan fingerprint density at radius 3 is 2.28 bits per heavy atom. The summed E-state index contributed by atoms with van der Waals surface area (Å²) in [5.41, 5.74) is 8.08. The van der Waals surface area contributed by atoms with E-state index in [0.717, 1.165) is 44.9 Å². The molecule has 3 aliphatic rings. The van der Waals surface area contributed by atoms with Crippen molar-refractivity contribution in [1.29, 1.82) is 0 Å². The molecule has 0 saturated heterocycles. The number of unbranched alkanes of at least 4 members (excludes halogenated alkanes) is 7. The largest absolute Gasteiger partial charge is 0.462 e. The number of fused-ring (bicyclic) bond motifs is 5. The number of rotatable bonds is 13. The lowest BCUT2D eigenvalue weighted by molar-refractivity contribution is -0.156. The molecule has 0 heterocycles. The highest BCUT2D eigenvalue weighted by molar-refractivity contribution is 5.73. The maximum Gasteiger partial charge on any atom is 0.308 e. The minimum Gasteiger partial charge on any atom is -0.462 e. The summed E-state index contributed by atoms with van der Waals surface area (Å²) in [5, 5.41) is 0. The Kier molecular flexibility index (Phi) is 10.1. The molecule has 0 radical (unpaired) electrons. The van der Waals surface area contributed by atoms with Gasteiger partial charge in [0.2, 0.25) is 5.91 Å². The van der Waals surface area contributed by atoms with Gasteiger partial charge in [-0.15, -0.1) is 0 Å². The lowest BCUT2D eigenvalue weighted by atomic mass is 9.51. The first-order valence-electron chi connectivity index (χ1n) is 15.5. The van der Waals surface area contributed by atoms with Gasteiger partial charge < -0.3 is 15.2 Å². The van der Waals surface area contributed by atoms with Crippen LogP contribution in [0.1, 0.15) is 128 Å². The molecule has 1 aromatic rings. The number of benzene rings is 1. The molecule has 0 aromatic heterocycles. The third-order valence-electron chi connectivity index (χ3n) is 10.0. The zero-order valence-corrected chi connectivity index (χ0v) is 24.3. The summed E-state index contributed by atoms with van der Waals surface area (Å²) >= 11 is 0. The summed E-state index contributed by atoms with van der Waals surface area (Å²) in [6, 6.07) is 6.31. The van der Waals surface area contributed by atoms with Crippen LogP contribution < -0.4 is 10.5 Å². The number of primary amides is 1. The number of ether oxygens (including phenoxy) is 2. The van der Waals surface area contributed by atoms with Crippen LogP contribution in [-0.4, -0.2) is 23.9 Å². The van der Waals surface area contributed by atoms with Gasteiger partial charge in [-0.3, -0.25) is 14.4 Å². The molecule has 4 rings (SSSR count). The van der Waals surface area contributed by atoms with Gasteiger partial charge >= 0.3 is 11.9 Å². The number of nitrogens with two attached hydrogens (primary N) is 1. The number of aryl methyl sites for hydroxylation is 1. The highest BCUT2D eigenvalue weighted by Crippen LogP contribution is 2.64. The smallest absolute Gasteiger partial charge is 0.308 e. The molecule has 6 nitrogen and oxygen atoms in total. The molecule has 6 atom stereocenters. The Labute approximate surface area is 234 Å². The Morgan fingerprint density at radius 1 is 0.923 bits per heavy atom. The van der Waals surface area contributed by atoms with Crippen LogP contribution in [0.15, 0.2) is 18.2 Å². The van der Waals surface area contributed by atoms with Gasteiger partial charge in [0, 0.05) is 25.7 Å². The van der Waals surface area contributed by atoms with Gasteiger partial charge in [0.25, 0.3) is 0 Å². The predicted molar refractivity (Wildman–Crippen MR) is 152 cm³/mol. The van der Waals surface area contributed by atoms with Crippen molar-refractivity contribution < 1.29 is 23.9 Å². The first-order chi connectivity index (χ1) is 18.7. The van der Waals surface area contributed by atoms with Crippen LogP contribution in [0.3, 0.4) is 0 Å². The molecule has 2 N–H and O–H groups in total. The number of esters is 2. The van der Waals surface area contributed by atoms with Crippen molar-refractivity contribution in [3.8, 4) is 5.75 Å². The molecule has 0 spiro atoms. The van der Waals surface area contributed by atoms with Crippen molar-refractivity contribution >= 4 is 17.8 Å². The van der Waals surface area contributed by atoms with Crippen LogP contribution in [0.4, 0.5) is 0 Å². The molecule has 0 unspecified atom stereocenters. The number of carbonyl (C=O) groups is 3. The second kappa shape index (κ2) is 13.3. The van der Waals surface area contributed by atoms with Crippen molar-refractivity contribution in [2.75, 3.05) is 0 Å². The molecule has 1 aromatic carbocycles. The molecule has 39 heavy (non-hydrogen) atoms. The predicted octanol–water partition coefficient (Wildman–Crippen LogP) is 7.01. The third-order valence-corrected chi connectivity index (χ3v) is 10.0. The molecular formula is C33H49NO5. The summed E-state index contributed by atoms with van der Waals surface area (Å²) in [7, 11) is 0. The maximum absolute atomic E-state index is 12.0. The van der Waals surface area contributed by atoms with Gasteiger partial charge in [-0.1, -0.05) is 57.9 Å². The fourth-order valence-corrected chi connectivity index (χ4v) is 8.49. The van der Waals surface area contributed by atoms with E-state index in [-0.39, 0.29) is 29.4 Å². The molecule has 0 aliphatic heterocycles. The Bertz CT molecular complexity index is 1020. The molecule has 2 fully saturated rings. The first-order valence-corrected chi connectivity index (χ1v) is 15.5. The van der Waals surface area contributed by atoms with Crippen LogP contribution in [0.2, 0.25) is 0 Å². The lowest BCUT2D eigenvalue weighted by Gasteiger charge is -2.54. The molecule has 6 heteroatoms. The van der Waals surface area contributed by atoms with E-state index in [4.69, 9.17) is 15.2 Å². The van der Waals surface area contributed by atoms with Crippen molar-refractivity contribution in [3.05, 3.63) is 29.3 Å². The van der Waals surface area contributed by atoms with E-state index in [9.17, 15) is 14.4 Å². The molecule has 3 aliphatic carbocycles. The summed E-state index contributed by atoms with van der Waals surface area (Å²) in [5.74, 6) is 2.33. The Balaban J connectivity index is 1.41. The summed E-state index contributed by atoms with van der Waals surface area (Å²) in [4.78, 5) is 34.4. The van der Waals surface area contributed by atoms with E-state index < -0.39 is 0 Å². The highest BCUT2D eigenvalue weighted by atomic mass is 16.5. The summed E-state index contributed by atoms with van der Waals surface area (Å²) < 4.78 is 11.3. The van der Waals surface area contributed by atoms with E-state index in [2.05, 4.69) is 19.1 Å². The number of hydrogen-bond donors (Lipinski definition) is 1. The SMILES string of the molecule is CC(=O)Oc1ccc2c(c1)CC[C@@H]1[C@@H]2[C@@H](CCCCCCCCCCC(N)=O)C[C@]2(C)[C@@H](OC(C)=O)CC[C@@H]12. The van der Waals surface area contributed by atoms with Gasteiger partial charge in [-0.2, -0.15) is 0 Å². The molecular weight excluding hydrogens is 490 g/mol. The van der Waals surface area contributed by atoms with E-state index in [1.165, 1.54) is 63.0 Å². The summed E-state index contributed by atoms with van der Waals surface area (Å²) in [6.45, 7) is 5.41. The van der Waals surface area contributed by atoms with Gasteiger partial charge in [0.15, 0.2) is 0 Å². The van der Waals surface area contributed by atoms with Crippen LogP contribution in [0, 0.1) is 23.2 Å². The second-order valence-corrected chi connectivity index (χ2v) is 12.8. The lowest BCUT2D eigenvalue weighted by Crippen LogP contribution is -2.48. The Hall–Kier alpha value is -2.37. The Morgan fingerprint density at radius 2 is 1.62 bits per heavy atom. The van der Waals surface area contributed by atoms with Crippen LogP contribution in [0.25, 0.3) is 0 Å².